The Balaban J connectivity index is 1.98. The number of benzene rings is 1. The van der Waals surface area contributed by atoms with Crippen LogP contribution in [0.3, 0.4) is 0 Å². The predicted molar refractivity (Wildman–Crippen MR) is 119 cm³/mol. The average molecular weight is 436 g/mol. The van der Waals surface area contributed by atoms with Crippen LogP contribution in [0.4, 0.5) is 0 Å². The normalized spacial score (nSPS) is 11.2. The van der Waals surface area contributed by atoms with E-state index in [0.29, 0.717) is 53.9 Å². The van der Waals surface area contributed by atoms with E-state index >= 15 is 0 Å². The van der Waals surface area contributed by atoms with Gasteiger partial charge in [0.2, 0.25) is 11.6 Å². The zero-order valence-corrected chi connectivity index (χ0v) is 18.0. The van der Waals surface area contributed by atoms with Gasteiger partial charge in [-0.15, -0.1) is 0 Å². The third-order valence-electron chi connectivity index (χ3n) is 5.43. The molecule has 9 heteroatoms. The molecule has 4 rings (SSSR count). The molecule has 3 heterocycles. The van der Waals surface area contributed by atoms with Gasteiger partial charge in [0, 0.05) is 56.1 Å². The number of carbonyl (C=O) groups excluding carboxylic acids is 1. The summed E-state index contributed by atoms with van der Waals surface area (Å²) in [4.78, 5) is 43.1. The van der Waals surface area contributed by atoms with Gasteiger partial charge in [-0.1, -0.05) is 6.07 Å². The van der Waals surface area contributed by atoms with Gasteiger partial charge in [0.1, 0.15) is 5.58 Å². The quantitative estimate of drug-likeness (QED) is 0.441. The first-order valence-electron chi connectivity index (χ1n) is 10.5. The largest absolute Gasteiger partial charge is 0.423 e. The Kier molecular flexibility index (Phi) is 6.07. The molecular weight excluding hydrogens is 412 g/mol. The first kappa shape index (κ1) is 21.4. The van der Waals surface area contributed by atoms with Crippen molar-refractivity contribution in [3.63, 3.8) is 0 Å². The van der Waals surface area contributed by atoms with Crippen LogP contribution in [0.25, 0.3) is 22.2 Å². The Morgan fingerprint density at radius 2 is 1.81 bits per heavy atom. The molecule has 0 saturated heterocycles. The monoisotopic (exact) mass is 436 g/mol. The molecule has 3 aromatic heterocycles. The molecule has 9 nitrogen and oxygen atoms in total. The van der Waals surface area contributed by atoms with E-state index in [2.05, 4.69) is 4.98 Å². The molecule has 0 spiro atoms. The van der Waals surface area contributed by atoms with Gasteiger partial charge in [-0.25, -0.2) is 14.6 Å². The van der Waals surface area contributed by atoms with Crippen LogP contribution < -0.4 is 11.3 Å². The predicted octanol–water partition coefficient (Wildman–Crippen LogP) is 2.77. The van der Waals surface area contributed by atoms with Gasteiger partial charge in [-0.2, -0.15) is 0 Å². The van der Waals surface area contributed by atoms with Crippen LogP contribution >= 0.6 is 0 Å². The van der Waals surface area contributed by atoms with Crippen molar-refractivity contribution in [2.45, 2.75) is 33.4 Å². The maximum atomic E-state index is 12.7. The molecule has 0 radical (unpaired) electrons. The fraction of sp³-hybridized carbons (Fsp3) is 0.304. The van der Waals surface area contributed by atoms with Crippen molar-refractivity contribution in [3.8, 4) is 0 Å². The molecular formula is C23H24N4O5. The summed E-state index contributed by atoms with van der Waals surface area (Å²) in [6.45, 7) is 5.77. The van der Waals surface area contributed by atoms with Crippen LogP contribution in [0, 0.1) is 0 Å². The number of rotatable bonds is 7. The van der Waals surface area contributed by atoms with Crippen molar-refractivity contribution < 1.29 is 13.6 Å². The van der Waals surface area contributed by atoms with Crippen molar-refractivity contribution in [1.82, 2.24) is 19.0 Å². The average Bonchev–Trinajstić information content (AvgIpc) is 3.39. The minimum absolute atomic E-state index is 0.0112. The molecule has 32 heavy (non-hydrogen) atoms. The summed E-state index contributed by atoms with van der Waals surface area (Å²) in [5, 5.41) is 0.655. The molecule has 0 saturated carbocycles. The van der Waals surface area contributed by atoms with Crippen LogP contribution in [0.5, 0.6) is 0 Å². The van der Waals surface area contributed by atoms with Crippen molar-refractivity contribution in [2.75, 3.05) is 13.1 Å². The molecule has 0 unspecified atom stereocenters. The SMILES string of the molecule is CCN(CC)C(=O)CCn1c2oc(=O)ccc(=O)oc3cccc1c3c2Cn1ccnc1. The van der Waals surface area contributed by atoms with Gasteiger partial charge >= 0.3 is 11.3 Å². The third kappa shape index (κ3) is 4.14. The van der Waals surface area contributed by atoms with Gasteiger partial charge in [0.15, 0.2) is 0 Å². The summed E-state index contributed by atoms with van der Waals surface area (Å²) < 4.78 is 14.9. The van der Waals surface area contributed by atoms with E-state index < -0.39 is 11.3 Å². The molecule has 1 aromatic carbocycles. The van der Waals surface area contributed by atoms with E-state index in [1.165, 1.54) is 0 Å². The van der Waals surface area contributed by atoms with Gasteiger partial charge in [0.05, 0.1) is 23.8 Å². The molecule has 2 bridgehead atoms. The number of amides is 1. The van der Waals surface area contributed by atoms with E-state index in [1.807, 2.05) is 24.5 Å². The molecule has 0 fully saturated rings. The molecule has 0 N–H and O–H groups in total. The number of fused-ring (bicyclic) bond motifs is 1. The highest BCUT2D eigenvalue weighted by molar-refractivity contribution is 6.00. The molecule has 1 amide bonds. The number of hydrogen-bond acceptors (Lipinski definition) is 6. The fourth-order valence-corrected chi connectivity index (χ4v) is 3.91. The van der Waals surface area contributed by atoms with E-state index in [4.69, 9.17) is 8.83 Å². The highest BCUT2D eigenvalue weighted by atomic mass is 16.4. The number of aromatic nitrogens is 3. The van der Waals surface area contributed by atoms with Crippen LogP contribution in [-0.4, -0.2) is 38.0 Å². The number of carbonyl (C=O) groups is 1. The maximum absolute atomic E-state index is 12.7. The summed E-state index contributed by atoms with van der Waals surface area (Å²) in [5.41, 5.74) is 0.691. The van der Waals surface area contributed by atoms with Gasteiger partial charge in [0.25, 0.3) is 0 Å². The molecule has 0 aliphatic carbocycles. The second-order valence-corrected chi connectivity index (χ2v) is 7.31. The van der Waals surface area contributed by atoms with Crippen molar-refractivity contribution >= 4 is 28.1 Å². The summed E-state index contributed by atoms with van der Waals surface area (Å²) in [7, 11) is 0. The summed E-state index contributed by atoms with van der Waals surface area (Å²) >= 11 is 0. The molecule has 0 atom stereocenters. The van der Waals surface area contributed by atoms with E-state index in [1.54, 1.807) is 40.3 Å². The highest BCUT2D eigenvalue weighted by Gasteiger charge is 2.20. The second kappa shape index (κ2) is 9.09. The molecule has 166 valence electrons. The molecule has 4 aromatic rings. The van der Waals surface area contributed by atoms with E-state index in [0.717, 1.165) is 12.1 Å². The topological polar surface area (TPSA) is 103 Å². The minimum Gasteiger partial charge on any atom is -0.423 e. The van der Waals surface area contributed by atoms with Crippen LogP contribution in [-0.2, 0) is 17.9 Å². The summed E-state index contributed by atoms with van der Waals surface area (Å²) in [6.07, 6.45) is 5.33. The molecule has 0 aliphatic rings. The van der Waals surface area contributed by atoms with Gasteiger partial charge in [-0.05, 0) is 26.0 Å². The van der Waals surface area contributed by atoms with Crippen LogP contribution in [0.2, 0.25) is 0 Å². The lowest BCUT2D eigenvalue weighted by molar-refractivity contribution is -0.131. The first-order chi connectivity index (χ1) is 15.5. The smallest absolute Gasteiger partial charge is 0.337 e. The van der Waals surface area contributed by atoms with Crippen molar-refractivity contribution in [2.24, 2.45) is 0 Å². The second-order valence-electron chi connectivity index (χ2n) is 7.31. The third-order valence-corrected chi connectivity index (χ3v) is 5.43. The van der Waals surface area contributed by atoms with Gasteiger partial charge in [-0.3, -0.25) is 4.79 Å². The summed E-state index contributed by atoms with van der Waals surface area (Å²) in [6, 6.07) is 7.40. The van der Waals surface area contributed by atoms with Crippen LogP contribution in [0.15, 0.2) is 67.5 Å². The Bertz CT molecular complexity index is 1390. The Hall–Kier alpha value is -3.88. The Morgan fingerprint density at radius 3 is 2.50 bits per heavy atom. The van der Waals surface area contributed by atoms with Crippen molar-refractivity contribution in [3.05, 3.63) is 75.5 Å². The zero-order chi connectivity index (χ0) is 22.7. The highest BCUT2D eigenvalue weighted by Crippen LogP contribution is 2.31. The maximum Gasteiger partial charge on any atom is 0.337 e. The number of hydrogen-bond donors (Lipinski definition) is 0. The molecule has 0 aliphatic heterocycles. The van der Waals surface area contributed by atoms with E-state index in [9.17, 15) is 14.4 Å². The Morgan fingerprint density at radius 1 is 1.06 bits per heavy atom. The number of aryl methyl sites for hydroxylation is 1. The number of nitrogens with zero attached hydrogens (tertiary/aromatic N) is 4. The Labute approximate surface area is 183 Å². The summed E-state index contributed by atoms with van der Waals surface area (Å²) in [5.74, 6) is 0.0112. The lowest BCUT2D eigenvalue weighted by atomic mass is 10.1. The fourth-order valence-electron chi connectivity index (χ4n) is 3.91. The zero-order valence-electron chi connectivity index (χ0n) is 18.0. The van der Waals surface area contributed by atoms with Gasteiger partial charge < -0.3 is 22.9 Å². The first-order valence-corrected chi connectivity index (χ1v) is 10.5. The van der Waals surface area contributed by atoms with Crippen LogP contribution in [0.1, 0.15) is 25.8 Å². The number of imidazole rings is 1. The van der Waals surface area contributed by atoms with Crippen molar-refractivity contribution in [1.29, 1.82) is 0 Å². The van der Waals surface area contributed by atoms with E-state index in [-0.39, 0.29) is 12.3 Å². The lowest BCUT2D eigenvalue weighted by Crippen LogP contribution is -2.31. The lowest BCUT2D eigenvalue weighted by Gasteiger charge is -2.18. The standard InChI is InChI=1S/C23H24N4O5/c1-3-26(4-2)19(28)10-12-27-17-6-5-7-18-22(17)16(14-25-13-11-24-15-25)23(27)32-21(30)9-8-20(29)31-18/h5-9,11,13,15H,3-4,10,12,14H2,1-2H3. The minimum atomic E-state index is -0.698.